The maximum atomic E-state index is 13.6. The van der Waals surface area contributed by atoms with Gasteiger partial charge in [0.05, 0.1) is 0 Å². The van der Waals surface area contributed by atoms with Gasteiger partial charge in [-0.3, -0.25) is 0 Å². The van der Waals surface area contributed by atoms with Crippen LogP contribution in [-0.4, -0.2) is 19.3 Å². The molecular weight excluding hydrogens is 197 g/mol. The summed E-state index contributed by atoms with van der Waals surface area (Å²) < 4.78 is 13.6. The third-order valence-electron chi connectivity index (χ3n) is 2.70. The monoisotopic (exact) mass is 211 g/mol. The lowest BCUT2D eigenvalue weighted by Crippen LogP contribution is -2.09. The third kappa shape index (κ3) is 1.79. The molecule has 3 heteroatoms. The number of rotatable bonds is 2. The van der Waals surface area contributed by atoms with E-state index in [1.54, 1.807) is 23.9 Å². The van der Waals surface area contributed by atoms with Crippen molar-refractivity contribution in [2.24, 2.45) is 0 Å². The molecule has 0 spiro atoms. The zero-order chi connectivity index (χ0) is 9.97. The van der Waals surface area contributed by atoms with Crippen molar-refractivity contribution in [1.82, 2.24) is 5.32 Å². The van der Waals surface area contributed by atoms with E-state index in [9.17, 15) is 4.39 Å². The number of hydrogen-bond donors (Lipinski definition) is 1. The summed E-state index contributed by atoms with van der Waals surface area (Å²) in [4.78, 5) is 1.08. The molecule has 14 heavy (non-hydrogen) atoms. The van der Waals surface area contributed by atoms with Crippen molar-refractivity contribution in [2.45, 2.75) is 17.2 Å². The van der Waals surface area contributed by atoms with Crippen molar-refractivity contribution in [3.8, 4) is 0 Å². The molecule has 1 fully saturated rings. The predicted octanol–water partition coefficient (Wildman–Crippen LogP) is 2.62. The van der Waals surface area contributed by atoms with Gasteiger partial charge in [-0.05, 0) is 31.4 Å². The van der Waals surface area contributed by atoms with Crippen LogP contribution in [0.3, 0.4) is 0 Å². The minimum atomic E-state index is -0.0504. The van der Waals surface area contributed by atoms with Crippen molar-refractivity contribution in [1.29, 1.82) is 0 Å². The fraction of sp³-hybridized carbons (Fsp3) is 0.455. The summed E-state index contributed by atoms with van der Waals surface area (Å²) in [6.07, 6.45) is 3.05. The zero-order valence-electron chi connectivity index (χ0n) is 8.22. The van der Waals surface area contributed by atoms with E-state index in [2.05, 4.69) is 5.32 Å². The molecule has 0 radical (unpaired) electrons. The quantitative estimate of drug-likeness (QED) is 0.755. The third-order valence-corrected chi connectivity index (χ3v) is 3.50. The van der Waals surface area contributed by atoms with Gasteiger partial charge in [-0.2, -0.15) is 0 Å². The summed E-state index contributed by atoms with van der Waals surface area (Å²) in [5, 5.41) is 3.27. The molecule has 0 aromatic heterocycles. The zero-order valence-corrected chi connectivity index (χ0v) is 9.03. The Labute approximate surface area is 88.1 Å². The van der Waals surface area contributed by atoms with Crippen LogP contribution in [0.1, 0.15) is 17.9 Å². The van der Waals surface area contributed by atoms with Gasteiger partial charge in [0, 0.05) is 22.9 Å². The van der Waals surface area contributed by atoms with Gasteiger partial charge in [0.25, 0.3) is 0 Å². The highest BCUT2D eigenvalue weighted by molar-refractivity contribution is 7.98. The van der Waals surface area contributed by atoms with Gasteiger partial charge in [0.15, 0.2) is 0 Å². The van der Waals surface area contributed by atoms with E-state index in [-0.39, 0.29) is 5.82 Å². The Hall–Kier alpha value is -0.540. The molecule has 0 aliphatic carbocycles. The van der Waals surface area contributed by atoms with Gasteiger partial charge < -0.3 is 5.32 Å². The average molecular weight is 211 g/mol. The normalized spacial score (nSPS) is 21.4. The molecule has 1 aliphatic rings. The molecule has 0 bridgehead atoms. The molecule has 0 amide bonds. The van der Waals surface area contributed by atoms with Gasteiger partial charge in [-0.15, -0.1) is 11.8 Å². The standard InChI is InChI=1S/C11H14FNS/c1-14-10-4-2-3-9(12)11(10)8-5-6-13-7-8/h2-4,8,13H,5-7H2,1H3. The molecule has 1 atom stereocenters. The minimum absolute atomic E-state index is 0.0504. The summed E-state index contributed by atoms with van der Waals surface area (Å²) in [6.45, 7) is 1.92. The maximum Gasteiger partial charge on any atom is 0.127 e. The Morgan fingerprint density at radius 2 is 2.36 bits per heavy atom. The van der Waals surface area contributed by atoms with Gasteiger partial charge in [0.1, 0.15) is 5.82 Å². The summed E-state index contributed by atoms with van der Waals surface area (Å²) in [7, 11) is 0. The molecule has 2 rings (SSSR count). The second-order valence-corrected chi connectivity index (χ2v) is 4.39. The van der Waals surface area contributed by atoms with Crippen LogP contribution in [0.15, 0.2) is 23.1 Å². The topological polar surface area (TPSA) is 12.0 Å². The van der Waals surface area contributed by atoms with Crippen LogP contribution in [0.4, 0.5) is 4.39 Å². The first kappa shape index (κ1) is 9.99. The lowest BCUT2D eigenvalue weighted by atomic mass is 9.98. The van der Waals surface area contributed by atoms with Crippen molar-refractivity contribution in [3.63, 3.8) is 0 Å². The van der Waals surface area contributed by atoms with E-state index in [4.69, 9.17) is 0 Å². The molecule has 1 aromatic rings. The van der Waals surface area contributed by atoms with E-state index in [1.807, 2.05) is 12.3 Å². The van der Waals surface area contributed by atoms with Crippen LogP contribution in [0.5, 0.6) is 0 Å². The van der Waals surface area contributed by atoms with Gasteiger partial charge >= 0.3 is 0 Å². The first-order chi connectivity index (χ1) is 6.83. The van der Waals surface area contributed by atoms with E-state index in [0.717, 1.165) is 30.0 Å². The number of benzene rings is 1. The highest BCUT2D eigenvalue weighted by Crippen LogP contribution is 2.32. The molecule has 1 saturated heterocycles. The Balaban J connectivity index is 2.37. The average Bonchev–Trinajstić information content (AvgIpc) is 2.70. The van der Waals surface area contributed by atoms with Gasteiger partial charge in [0.2, 0.25) is 0 Å². The summed E-state index contributed by atoms with van der Waals surface area (Å²) >= 11 is 1.63. The van der Waals surface area contributed by atoms with Gasteiger partial charge in [-0.25, -0.2) is 4.39 Å². The van der Waals surface area contributed by atoms with E-state index in [1.165, 1.54) is 0 Å². The first-order valence-electron chi connectivity index (χ1n) is 4.86. The van der Waals surface area contributed by atoms with E-state index < -0.39 is 0 Å². The number of halogens is 1. The van der Waals surface area contributed by atoms with E-state index in [0.29, 0.717) is 5.92 Å². The van der Waals surface area contributed by atoms with Crippen LogP contribution in [0.25, 0.3) is 0 Å². The summed E-state index contributed by atoms with van der Waals surface area (Å²) in [5.41, 5.74) is 0.907. The fourth-order valence-electron chi connectivity index (χ4n) is 1.99. The van der Waals surface area contributed by atoms with Crippen molar-refractivity contribution in [2.75, 3.05) is 19.3 Å². The Bertz CT molecular complexity index is 321. The van der Waals surface area contributed by atoms with Crippen LogP contribution in [0.2, 0.25) is 0 Å². The van der Waals surface area contributed by atoms with Crippen LogP contribution >= 0.6 is 11.8 Å². The molecule has 1 aromatic carbocycles. The Kier molecular flexibility index (Phi) is 3.08. The highest BCUT2D eigenvalue weighted by atomic mass is 32.2. The molecule has 1 nitrogen and oxygen atoms in total. The second-order valence-electron chi connectivity index (χ2n) is 3.55. The van der Waals surface area contributed by atoms with Crippen molar-refractivity contribution in [3.05, 3.63) is 29.6 Å². The summed E-state index contributed by atoms with van der Waals surface area (Å²) in [5.74, 6) is 0.309. The van der Waals surface area contributed by atoms with Gasteiger partial charge in [-0.1, -0.05) is 6.07 Å². The molecular formula is C11H14FNS. The van der Waals surface area contributed by atoms with E-state index >= 15 is 0 Å². The predicted molar refractivity (Wildman–Crippen MR) is 58.4 cm³/mol. The largest absolute Gasteiger partial charge is 0.316 e. The van der Waals surface area contributed by atoms with Crippen LogP contribution < -0.4 is 5.32 Å². The minimum Gasteiger partial charge on any atom is -0.316 e. The molecule has 1 heterocycles. The lowest BCUT2D eigenvalue weighted by Gasteiger charge is -2.13. The van der Waals surface area contributed by atoms with Crippen molar-refractivity contribution >= 4 is 11.8 Å². The van der Waals surface area contributed by atoms with Crippen LogP contribution in [0, 0.1) is 5.82 Å². The molecule has 76 valence electrons. The molecule has 1 aliphatic heterocycles. The Morgan fingerprint density at radius 1 is 1.50 bits per heavy atom. The summed E-state index contributed by atoms with van der Waals surface area (Å²) in [6, 6.07) is 5.35. The molecule has 1 unspecified atom stereocenters. The molecule has 0 saturated carbocycles. The smallest absolute Gasteiger partial charge is 0.127 e. The fourth-order valence-corrected chi connectivity index (χ4v) is 2.69. The first-order valence-corrected chi connectivity index (χ1v) is 6.08. The number of nitrogens with one attached hydrogen (secondary N) is 1. The number of hydrogen-bond acceptors (Lipinski definition) is 2. The number of thioether (sulfide) groups is 1. The SMILES string of the molecule is CSc1cccc(F)c1C1CCNC1. The maximum absolute atomic E-state index is 13.6. The second kappa shape index (κ2) is 4.32. The van der Waals surface area contributed by atoms with Crippen molar-refractivity contribution < 1.29 is 4.39 Å². The van der Waals surface area contributed by atoms with Crippen LogP contribution in [-0.2, 0) is 0 Å². The lowest BCUT2D eigenvalue weighted by molar-refractivity contribution is 0.579. The highest BCUT2D eigenvalue weighted by Gasteiger charge is 2.22. The Morgan fingerprint density at radius 3 is 3.00 bits per heavy atom. The molecule has 1 N–H and O–H groups in total.